The molecule has 3 rings (SSSR count). The summed E-state index contributed by atoms with van der Waals surface area (Å²) in [5.41, 5.74) is 2.41. The fraction of sp³-hybridized carbons (Fsp3) is 0.556. The molecule has 0 radical (unpaired) electrons. The first-order valence-corrected chi connectivity index (χ1v) is 8.24. The van der Waals surface area contributed by atoms with E-state index in [1.165, 1.54) is 11.1 Å². The van der Waals surface area contributed by atoms with Gasteiger partial charge in [0, 0.05) is 18.4 Å². The van der Waals surface area contributed by atoms with E-state index in [1.807, 2.05) is 13.0 Å². The maximum atomic E-state index is 12.3. The van der Waals surface area contributed by atoms with Gasteiger partial charge >= 0.3 is 0 Å². The van der Waals surface area contributed by atoms with Crippen molar-refractivity contribution < 1.29 is 9.59 Å². The summed E-state index contributed by atoms with van der Waals surface area (Å²) < 4.78 is 0. The normalized spacial score (nSPS) is 27.1. The molecule has 2 atom stereocenters. The lowest BCUT2D eigenvalue weighted by Crippen LogP contribution is -2.40. The lowest BCUT2D eigenvalue weighted by atomic mass is 9.87. The molecule has 2 N–H and O–H groups in total. The van der Waals surface area contributed by atoms with Crippen molar-refractivity contribution in [2.45, 2.75) is 63.5 Å². The van der Waals surface area contributed by atoms with Gasteiger partial charge in [-0.05, 0) is 50.2 Å². The van der Waals surface area contributed by atoms with Crippen LogP contribution in [0.5, 0.6) is 0 Å². The molecule has 118 valence electrons. The largest absolute Gasteiger partial charge is 0.351 e. The predicted molar refractivity (Wildman–Crippen MR) is 85.3 cm³/mol. The highest BCUT2D eigenvalue weighted by Crippen LogP contribution is 2.30. The molecule has 1 fully saturated rings. The number of amides is 2. The van der Waals surface area contributed by atoms with Gasteiger partial charge in [-0.25, -0.2) is 0 Å². The Hall–Kier alpha value is -1.84. The van der Waals surface area contributed by atoms with E-state index >= 15 is 0 Å². The molecule has 4 nitrogen and oxygen atoms in total. The van der Waals surface area contributed by atoms with Crippen LogP contribution in [0.1, 0.15) is 62.6 Å². The Labute approximate surface area is 131 Å². The number of nitrogens with one attached hydrogen (secondary N) is 2. The van der Waals surface area contributed by atoms with Gasteiger partial charge in [-0.2, -0.15) is 0 Å². The van der Waals surface area contributed by atoms with Gasteiger partial charge in [-0.3, -0.25) is 9.59 Å². The molecule has 1 saturated heterocycles. The maximum absolute atomic E-state index is 12.3. The highest BCUT2D eigenvalue weighted by molar-refractivity contribution is 5.80. The Kier molecular flexibility index (Phi) is 4.19. The molecular formula is C18H24N2O2. The van der Waals surface area contributed by atoms with Gasteiger partial charge in [0.05, 0.1) is 6.04 Å². The van der Waals surface area contributed by atoms with Crippen LogP contribution in [0.4, 0.5) is 0 Å². The molecule has 0 aromatic heterocycles. The van der Waals surface area contributed by atoms with Gasteiger partial charge in [0.2, 0.25) is 11.8 Å². The summed E-state index contributed by atoms with van der Waals surface area (Å²) in [5, 5.41) is 6.16. The van der Waals surface area contributed by atoms with Crippen LogP contribution in [0.2, 0.25) is 0 Å². The summed E-state index contributed by atoms with van der Waals surface area (Å²) in [6, 6.07) is 8.52. The fourth-order valence-corrected chi connectivity index (χ4v) is 3.60. The Morgan fingerprint density at radius 2 is 2.18 bits per heavy atom. The molecule has 0 bridgehead atoms. The molecule has 4 heteroatoms. The van der Waals surface area contributed by atoms with E-state index in [2.05, 4.69) is 28.8 Å². The number of hydrogen-bond acceptors (Lipinski definition) is 2. The Morgan fingerprint density at radius 1 is 1.36 bits per heavy atom. The second kappa shape index (κ2) is 6.11. The van der Waals surface area contributed by atoms with Crippen LogP contribution in [-0.4, -0.2) is 17.4 Å². The zero-order valence-corrected chi connectivity index (χ0v) is 13.2. The zero-order valence-electron chi connectivity index (χ0n) is 13.2. The van der Waals surface area contributed by atoms with Crippen molar-refractivity contribution in [1.29, 1.82) is 0 Å². The smallest absolute Gasteiger partial charge is 0.220 e. The van der Waals surface area contributed by atoms with E-state index in [1.54, 1.807) is 0 Å². The van der Waals surface area contributed by atoms with Crippen molar-refractivity contribution in [3.8, 4) is 0 Å². The third kappa shape index (κ3) is 3.32. The van der Waals surface area contributed by atoms with Crippen molar-refractivity contribution in [3.05, 3.63) is 35.4 Å². The molecule has 1 aromatic carbocycles. The summed E-state index contributed by atoms with van der Waals surface area (Å²) in [7, 11) is 0. The molecule has 2 aliphatic rings. The minimum Gasteiger partial charge on any atom is -0.351 e. The molecule has 1 aliphatic heterocycles. The zero-order chi connectivity index (χ0) is 15.6. The molecule has 22 heavy (non-hydrogen) atoms. The van der Waals surface area contributed by atoms with Crippen LogP contribution in [0.25, 0.3) is 0 Å². The topological polar surface area (TPSA) is 58.2 Å². The van der Waals surface area contributed by atoms with Crippen molar-refractivity contribution in [2.24, 2.45) is 0 Å². The average Bonchev–Trinajstić information content (AvgIpc) is 2.86. The van der Waals surface area contributed by atoms with E-state index in [9.17, 15) is 9.59 Å². The first kappa shape index (κ1) is 15.1. The number of hydrogen-bond donors (Lipinski definition) is 2. The second-order valence-electron chi connectivity index (χ2n) is 6.82. The predicted octanol–water partition coefficient (Wildman–Crippen LogP) is 2.63. The number of aryl methyl sites for hydroxylation is 1. The van der Waals surface area contributed by atoms with Crippen LogP contribution in [-0.2, 0) is 16.0 Å². The fourth-order valence-electron chi connectivity index (χ4n) is 3.60. The highest BCUT2D eigenvalue weighted by atomic mass is 16.2. The SMILES string of the molecule is C[C@]1(CCC(=O)N[C@@H]2CCCc3ccccc32)CCC(=O)N1. The lowest BCUT2D eigenvalue weighted by Gasteiger charge is -2.27. The molecule has 1 aromatic rings. The molecule has 0 spiro atoms. The van der Waals surface area contributed by atoms with E-state index in [-0.39, 0.29) is 23.4 Å². The third-order valence-corrected chi connectivity index (χ3v) is 4.95. The van der Waals surface area contributed by atoms with E-state index in [0.717, 1.165) is 25.7 Å². The van der Waals surface area contributed by atoms with Gasteiger partial charge in [-0.1, -0.05) is 24.3 Å². The molecule has 1 heterocycles. The van der Waals surface area contributed by atoms with Gasteiger partial charge in [0.25, 0.3) is 0 Å². The lowest BCUT2D eigenvalue weighted by molar-refractivity contribution is -0.123. The number of rotatable bonds is 4. The van der Waals surface area contributed by atoms with E-state index in [4.69, 9.17) is 0 Å². The maximum Gasteiger partial charge on any atom is 0.220 e. The van der Waals surface area contributed by atoms with Crippen molar-refractivity contribution in [1.82, 2.24) is 10.6 Å². The summed E-state index contributed by atoms with van der Waals surface area (Å²) in [6.45, 7) is 2.03. The summed E-state index contributed by atoms with van der Waals surface area (Å²) >= 11 is 0. The third-order valence-electron chi connectivity index (χ3n) is 4.95. The number of carbonyl (C=O) groups is 2. The van der Waals surface area contributed by atoms with Gasteiger partial charge in [0.15, 0.2) is 0 Å². The van der Waals surface area contributed by atoms with Crippen LogP contribution >= 0.6 is 0 Å². The van der Waals surface area contributed by atoms with Crippen molar-refractivity contribution in [2.75, 3.05) is 0 Å². The van der Waals surface area contributed by atoms with Gasteiger partial charge in [0.1, 0.15) is 0 Å². The van der Waals surface area contributed by atoms with Crippen molar-refractivity contribution in [3.63, 3.8) is 0 Å². The van der Waals surface area contributed by atoms with Crippen LogP contribution < -0.4 is 10.6 Å². The minimum absolute atomic E-state index is 0.0871. The standard InChI is InChI=1S/C18H24N2O2/c1-18(12-10-17(22)20-18)11-9-16(21)19-15-8-4-6-13-5-2-3-7-14(13)15/h2-3,5,7,15H,4,6,8-12H2,1H3,(H,19,21)(H,20,22)/t15-,18+/m1/s1. The Bertz CT molecular complexity index is 584. The quantitative estimate of drug-likeness (QED) is 0.898. The highest BCUT2D eigenvalue weighted by Gasteiger charge is 2.33. The van der Waals surface area contributed by atoms with Crippen LogP contribution in [0.3, 0.4) is 0 Å². The van der Waals surface area contributed by atoms with E-state index < -0.39 is 0 Å². The van der Waals surface area contributed by atoms with Gasteiger partial charge in [-0.15, -0.1) is 0 Å². The van der Waals surface area contributed by atoms with Crippen LogP contribution in [0.15, 0.2) is 24.3 Å². The monoisotopic (exact) mass is 300 g/mol. The van der Waals surface area contributed by atoms with E-state index in [0.29, 0.717) is 19.3 Å². The molecule has 1 aliphatic carbocycles. The average molecular weight is 300 g/mol. The summed E-state index contributed by atoms with van der Waals surface area (Å²) in [4.78, 5) is 23.6. The summed E-state index contributed by atoms with van der Waals surface area (Å²) in [5.74, 6) is 0.188. The first-order valence-electron chi connectivity index (χ1n) is 8.24. The molecule has 0 saturated carbocycles. The molecule has 0 unspecified atom stereocenters. The number of carbonyl (C=O) groups excluding carboxylic acids is 2. The molecule has 2 amide bonds. The Morgan fingerprint density at radius 3 is 2.95 bits per heavy atom. The molecular weight excluding hydrogens is 276 g/mol. The minimum atomic E-state index is -0.209. The summed E-state index contributed by atoms with van der Waals surface area (Å²) in [6.07, 6.45) is 5.81. The van der Waals surface area contributed by atoms with Crippen molar-refractivity contribution >= 4 is 11.8 Å². The number of benzene rings is 1. The second-order valence-corrected chi connectivity index (χ2v) is 6.82. The Balaban J connectivity index is 1.56. The van der Waals surface area contributed by atoms with Gasteiger partial charge < -0.3 is 10.6 Å². The number of fused-ring (bicyclic) bond motifs is 1. The van der Waals surface area contributed by atoms with Crippen LogP contribution in [0, 0.1) is 0 Å². The first-order chi connectivity index (χ1) is 10.6.